The second-order valence-corrected chi connectivity index (χ2v) is 6.03. The van der Waals surface area contributed by atoms with Crippen molar-refractivity contribution < 1.29 is 31.5 Å². The van der Waals surface area contributed by atoms with Gasteiger partial charge < -0.3 is 10.4 Å². The van der Waals surface area contributed by atoms with Crippen LogP contribution >= 0.6 is 0 Å². The molecule has 9 heteroatoms. The summed E-state index contributed by atoms with van der Waals surface area (Å²) in [6.07, 6.45) is -2.93. The molecule has 0 radical (unpaired) electrons. The van der Waals surface area contributed by atoms with E-state index in [-0.39, 0.29) is 0 Å². The van der Waals surface area contributed by atoms with E-state index in [1.165, 1.54) is 6.26 Å². The number of carboxylic acid groups (broad SMARTS) is 1. The molecule has 1 aliphatic heterocycles. The molecule has 5 nitrogen and oxygen atoms in total. The zero-order valence-corrected chi connectivity index (χ0v) is 11.2. The number of nitrogens with one attached hydrogen (secondary N) is 1. The molecule has 0 fully saturated rings. The van der Waals surface area contributed by atoms with E-state index in [9.17, 15) is 21.6 Å². The molecule has 0 spiro atoms. The molecule has 0 atom stereocenters. The average Bonchev–Trinajstić information content (AvgIpc) is 2.74. The molecule has 2 N–H and O–H groups in total. The summed E-state index contributed by atoms with van der Waals surface area (Å²) < 4.78 is 54.4. The van der Waals surface area contributed by atoms with Crippen molar-refractivity contribution in [3.8, 4) is 0 Å². The summed E-state index contributed by atoms with van der Waals surface area (Å²) in [4.78, 5) is 9.31. The number of anilines is 1. The first-order chi connectivity index (χ1) is 9.03. The number of alkyl halides is 3. The molecular weight excluding hydrogens is 299 g/mol. The maximum atomic E-state index is 11.4. The Morgan fingerprint density at radius 1 is 1.35 bits per heavy atom. The van der Waals surface area contributed by atoms with E-state index >= 15 is 0 Å². The fourth-order valence-electron chi connectivity index (χ4n) is 1.62. The third-order valence-corrected chi connectivity index (χ3v) is 3.59. The second-order valence-electron chi connectivity index (χ2n) is 4.04. The van der Waals surface area contributed by atoms with Crippen molar-refractivity contribution in [2.24, 2.45) is 0 Å². The monoisotopic (exact) mass is 311 g/mol. The van der Waals surface area contributed by atoms with Crippen LogP contribution in [0.4, 0.5) is 18.9 Å². The fourth-order valence-corrected chi connectivity index (χ4v) is 2.52. The summed E-state index contributed by atoms with van der Waals surface area (Å²) in [5.41, 5.74) is 1.90. The third kappa shape index (κ3) is 4.12. The van der Waals surface area contributed by atoms with Crippen LogP contribution in [0.5, 0.6) is 0 Å². The first-order valence-corrected chi connectivity index (χ1v) is 7.28. The number of para-hydroxylation sites is 1. The van der Waals surface area contributed by atoms with E-state index in [1.807, 2.05) is 6.07 Å². The highest BCUT2D eigenvalue weighted by atomic mass is 32.2. The number of benzene rings is 1. The number of fused-ring (bicyclic) bond motifs is 1. The first-order valence-electron chi connectivity index (χ1n) is 5.39. The number of rotatable bonds is 1. The average molecular weight is 311 g/mol. The smallest absolute Gasteiger partial charge is 0.475 e. The van der Waals surface area contributed by atoms with Crippen molar-refractivity contribution in [2.75, 3.05) is 18.1 Å². The van der Waals surface area contributed by atoms with Gasteiger partial charge in [-0.3, -0.25) is 0 Å². The van der Waals surface area contributed by atoms with Gasteiger partial charge in [-0.1, -0.05) is 12.1 Å². The highest BCUT2D eigenvalue weighted by molar-refractivity contribution is 7.90. The van der Waals surface area contributed by atoms with E-state index in [1.54, 1.807) is 12.1 Å². The van der Waals surface area contributed by atoms with Crippen LogP contribution in [0.25, 0.3) is 0 Å². The highest BCUT2D eigenvalue weighted by Crippen LogP contribution is 2.29. The van der Waals surface area contributed by atoms with E-state index in [2.05, 4.69) is 5.32 Å². The molecule has 0 bridgehead atoms. The standard InChI is InChI=1S/C9H11NO2S.C2HF3O2/c1-13(11,12)8-4-2-3-7-5-6-10-9(7)8;3-2(4,5)1(6)7/h2-4,10H,5-6H2,1H3;(H,6,7). The summed E-state index contributed by atoms with van der Waals surface area (Å²) in [5.74, 6) is -2.76. The molecule has 0 saturated carbocycles. The second kappa shape index (κ2) is 5.70. The molecule has 112 valence electrons. The van der Waals surface area contributed by atoms with Crippen LogP contribution in [0.15, 0.2) is 23.1 Å². The Balaban J connectivity index is 0.000000246. The lowest BCUT2D eigenvalue weighted by Crippen LogP contribution is -2.21. The predicted octanol–water partition coefficient (Wildman–Crippen LogP) is 1.69. The summed E-state index contributed by atoms with van der Waals surface area (Å²) in [7, 11) is -3.09. The fraction of sp³-hybridized carbons (Fsp3) is 0.364. The Labute approximate surface area is 113 Å². The summed E-state index contributed by atoms with van der Waals surface area (Å²) in [6.45, 7) is 0.835. The molecular formula is C11H12F3NO4S. The van der Waals surface area contributed by atoms with Gasteiger partial charge in [-0.15, -0.1) is 0 Å². The van der Waals surface area contributed by atoms with Crippen molar-refractivity contribution in [3.63, 3.8) is 0 Å². The Morgan fingerprint density at radius 2 is 1.90 bits per heavy atom. The Hall–Kier alpha value is -1.77. The van der Waals surface area contributed by atoms with Crippen molar-refractivity contribution in [1.29, 1.82) is 0 Å². The largest absolute Gasteiger partial charge is 0.490 e. The van der Waals surface area contributed by atoms with E-state index in [0.29, 0.717) is 4.90 Å². The number of halogens is 3. The summed E-state index contributed by atoms with van der Waals surface area (Å²) in [5, 5.41) is 10.2. The van der Waals surface area contributed by atoms with Gasteiger partial charge in [0, 0.05) is 12.8 Å². The van der Waals surface area contributed by atoms with Gasteiger partial charge in [0.05, 0.1) is 10.6 Å². The molecule has 0 saturated heterocycles. The zero-order chi connectivity index (χ0) is 15.6. The molecule has 1 heterocycles. The minimum atomic E-state index is -5.08. The van der Waals surface area contributed by atoms with Crippen molar-refractivity contribution in [3.05, 3.63) is 23.8 Å². The van der Waals surface area contributed by atoms with Gasteiger partial charge in [-0.25, -0.2) is 13.2 Å². The van der Waals surface area contributed by atoms with Crippen LogP contribution in [-0.2, 0) is 21.1 Å². The van der Waals surface area contributed by atoms with E-state index in [0.717, 1.165) is 24.2 Å². The summed E-state index contributed by atoms with van der Waals surface area (Å²) >= 11 is 0. The van der Waals surface area contributed by atoms with Gasteiger partial charge in [0.1, 0.15) is 0 Å². The minimum absolute atomic E-state index is 0.419. The Morgan fingerprint density at radius 3 is 2.35 bits per heavy atom. The molecule has 0 aromatic heterocycles. The Bertz CT molecular complexity index is 611. The van der Waals surface area contributed by atoms with Gasteiger partial charge in [-0.2, -0.15) is 13.2 Å². The van der Waals surface area contributed by atoms with Gasteiger partial charge in [0.15, 0.2) is 9.84 Å². The predicted molar refractivity (Wildman–Crippen MR) is 65.4 cm³/mol. The van der Waals surface area contributed by atoms with Gasteiger partial charge in [0.2, 0.25) is 0 Å². The lowest BCUT2D eigenvalue weighted by atomic mass is 10.2. The van der Waals surface area contributed by atoms with Crippen LogP contribution < -0.4 is 5.32 Å². The zero-order valence-electron chi connectivity index (χ0n) is 10.4. The van der Waals surface area contributed by atoms with Crippen LogP contribution in [0.3, 0.4) is 0 Å². The first kappa shape index (κ1) is 16.3. The minimum Gasteiger partial charge on any atom is -0.475 e. The quantitative estimate of drug-likeness (QED) is 0.824. The number of carbonyl (C=O) groups is 1. The van der Waals surface area contributed by atoms with Crippen LogP contribution in [0.2, 0.25) is 0 Å². The number of sulfone groups is 1. The number of hydrogen-bond acceptors (Lipinski definition) is 4. The number of hydrogen-bond donors (Lipinski definition) is 2. The molecule has 2 rings (SSSR count). The maximum Gasteiger partial charge on any atom is 0.490 e. The Kier molecular flexibility index (Phi) is 4.64. The van der Waals surface area contributed by atoms with E-state index < -0.39 is 22.0 Å². The van der Waals surface area contributed by atoms with Gasteiger partial charge >= 0.3 is 12.1 Å². The third-order valence-electron chi connectivity index (χ3n) is 2.45. The molecule has 1 aromatic carbocycles. The normalized spacial score (nSPS) is 13.8. The number of aliphatic carboxylic acids is 1. The van der Waals surface area contributed by atoms with Gasteiger partial charge in [0.25, 0.3) is 0 Å². The van der Waals surface area contributed by atoms with Crippen LogP contribution in [0, 0.1) is 0 Å². The topological polar surface area (TPSA) is 83.5 Å². The molecule has 0 aliphatic carbocycles. The van der Waals surface area contributed by atoms with Crippen molar-refractivity contribution >= 4 is 21.5 Å². The molecule has 1 aromatic rings. The molecule has 1 aliphatic rings. The SMILES string of the molecule is CS(=O)(=O)c1cccc2c1NCC2.O=C(O)C(F)(F)F. The van der Waals surface area contributed by atoms with E-state index in [4.69, 9.17) is 9.90 Å². The molecule has 20 heavy (non-hydrogen) atoms. The number of carboxylic acids is 1. The lowest BCUT2D eigenvalue weighted by molar-refractivity contribution is -0.192. The summed E-state index contributed by atoms with van der Waals surface area (Å²) in [6, 6.07) is 5.40. The lowest BCUT2D eigenvalue weighted by Gasteiger charge is -2.05. The maximum absolute atomic E-state index is 11.4. The molecule has 0 unspecified atom stereocenters. The van der Waals surface area contributed by atoms with Crippen LogP contribution in [-0.4, -0.2) is 38.5 Å². The van der Waals surface area contributed by atoms with Gasteiger partial charge in [-0.05, 0) is 18.1 Å². The highest BCUT2D eigenvalue weighted by Gasteiger charge is 2.38. The van der Waals surface area contributed by atoms with Crippen molar-refractivity contribution in [1.82, 2.24) is 0 Å². The van der Waals surface area contributed by atoms with Crippen molar-refractivity contribution in [2.45, 2.75) is 17.5 Å². The van der Waals surface area contributed by atoms with Crippen LogP contribution in [0.1, 0.15) is 5.56 Å². The molecule has 0 amide bonds.